The highest BCUT2D eigenvalue weighted by Gasteiger charge is 2.64. The molecule has 1 fully saturated rings. The molecule has 286 valence electrons. The minimum Gasteiger partial charge on any atom is -0.388 e. The summed E-state index contributed by atoms with van der Waals surface area (Å²) >= 11 is 0. The summed E-state index contributed by atoms with van der Waals surface area (Å²) in [7, 11) is 237. The van der Waals surface area contributed by atoms with Crippen molar-refractivity contribution in [3.63, 3.8) is 0 Å². The molecule has 1 aromatic rings. The first-order chi connectivity index (χ1) is 38.3. The van der Waals surface area contributed by atoms with Crippen LogP contribution in [0.3, 0.4) is 0 Å². The number of rotatable bonds is 35. The Labute approximate surface area is 566 Å². The molecule has 1 aliphatic rings. The highest BCUT2D eigenvalue weighted by molar-refractivity contribution is 8.39. The fourth-order valence-corrected chi connectivity index (χ4v) is 13.6. The van der Waals surface area contributed by atoms with Gasteiger partial charge in [0.15, 0.2) is 0 Å². The Hall–Kier alpha value is 3.36. The van der Waals surface area contributed by atoms with E-state index in [0.717, 1.165) is 32.8 Å². The van der Waals surface area contributed by atoms with E-state index in [-0.39, 0.29) is 0 Å². The molecule has 1 aliphatic heterocycles. The van der Waals surface area contributed by atoms with Crippen molar-refractivity contribution in [3.05, 3.63) is 29.8 Å². The van der Waals surface area contributed by atoms with Crippen molar-refractivity contribution in [2.75, 3.05) is 38.7 Å². The van der Waals surface area contributed by atoms with Crippen LogP contribution in [-0.2, 0) is 11.3 Å². The van der Waals surface area contributed by atoms with Crippen molar-refractivity contribution in [2.24, 2.45) is 0 Å². The minimum absolute atomic E-state index is 0.870. The number of hydrogen-bond donors (Lipinski definition) is 1. The molecule has 0 aromatic heterocycles. The third kappa shape index (κ3) is 24.6. The van der Waals surface area contributed by atoms with E-state index in [1.54, 1.807) is 0 Å². The highest BCUT2D eigenvalue weighted by atomic mass is 16.5. The van der Waals surface area contributed by atoms with Crippen LogP contribution in [0.25, 0.3) is 0 Å². The zero-order chi connectivity index (χ0) is 64.6. The molecule has 83 heavy (non-hydrogen) atoms. The summed E-state index contributed by atoms with van der Waals surface area (Å²) in [6, 6.07) is 8.61. The van der Waals surface area contributed by atoms with Crippen molar-refractivity contribution in [2.45, 2.75) is 6.54 Å². The normalized spacial score (nSPS) is 11.2. The molecule has 1 saturated heterocycles. The van der Waals surface area contributed by atoms with Crippen molar-refractivity contribution >= 4 is 487 Å². The molecule has 0 bridgehead atoms. The predicted octanol–water partition coefficient (Wildman–Crippen LogP) is -24.3. The lowest BCUT2D eigenvalue weighted by molar-refractivity contribution is 0.0342. The molecule has 2 rings (SSSR count). The van der Waals surface area contributed by atoms with Gasteiger partial charge in [0.05, 0.1) is 13.2 Å². The second kappa shape index (κ2) is 40.6. The average molecular weight is 942 g/mol. The number of morpholine rings is 1. The minimum atomic E-state index is -1.68. The van der Waals surface area contributed by atoms with Crippen LogP contribution in [-0.4, -0.2) is 520 Å². The quantitative estimate of drug-likeness (QED) is 0.0687. The van der Waals surface area contributed by atoms with Gasteiger partial charge in [0.1, 0.15) is 0 Å². The monoisotopic (exact) mass is 955 g/mol. The van der Waals surface area contributed by atoms with Crippen LogP contribution < -0.4 is 5.32 Å². The van der Waals surface area contributed by atoms with Crippen molar-refractivity contribution < 1.29 is 4.74 Å². The van der Waals surface area contributed by atoms with Crippen LogP contribution in [0.15, 0.2) is 24.3 Å². The van der Waals surface area contributed by atoms with Gasteiger partial charge in [0, 0.05) is 514 Å². The van der Waals surface area contributed by atoms with Crippen molar-refractivity contribution in [1.82, 2.24) is 4.90 Å². The Kier molecular flexibility index (Phi) is 41.2. The van der Waals surface area contributed by atoms with Crippen LogP contribution in [0.1, 0.15) is 5.56 Å². The predicted molar refractivity (Wildman–Crippen MR) is 453 cm³/mol. The van der Waals surface area contributed by atoms with Crippen LogP contribution in [0, 0.1) is 0 Å². The second-order valence-corrected chi connectivity index (χ2v) is 22.9. The topological polar surface area (TPSA) is 24.5 Å². The average Bonchev–Trinajstić information content (AvgIpc) is 3.32. The van der Waals surface area contributed by atoms with E-state index in [0.29, 0.717) is 0 Å². The van der Waals surface area contributed by atoms with E-state index >= 15 is 0 Å². The fourth-order valence-electron chi connectivity index (χ4n) is 13.6. The summed E-state index contributed by atoms with van der Waals surface area (Å²) in [6.45, 7) is 4.87. The van der Waals surface area contributed by atoms with Crippen LogP contribution in [0.2, 0.25) is 0 Å². The number of nitrogens with one attached hydrogen (secondary N) is 1. The Morgan fingerprint density at radius 1 is 0.289 bits per heavy atom. The fraction of sp³-hybridized carbons (Fsp3) is 0.500. The highest BCUT2D eigenvalue weighted by Crippen LogP contribution is 2.26. The third-order valence-corrected chi connectivity index (χ3v) is 17.0. The first-order valence-corrected chi connectivity index (χ1v) is 27.8. The van der Waals surface area contributed by atoms with Gasteiger partial charge in [-0.05, 0) is 17.7 Å². The van der Waals surface area contributed by atoms with E-state index < -0.39 is 211 Å². The standard InChI is InChI=1S/C12H18N2O.B68/c1-13-12-4-2-11(3-5-12)10-14-6-8-15-9-7-14;1-36(2)53(35)62(54(37(3)4)38(5)6)66(61(51(31)32)52(33)34)68(65(59(47(23)24)48(25)26)60(49(27)28)50(29)30)67(63(55(39(7)8)40(9)10)56(41(11)12)42(13)14)64(57(43(15)16)44(17)18)58(45(19)20)46(21)22/h2-5,13H,6-10H2,1H3;. The van der Waals surface area contributed by atoms with Gasteiger partial charge < -0.3 is 10.1 Å². The van der Waals surface area contributed by atoms with Gasteiger partial charge in [-0.1, -0.05) is 12.1 Å². The number of nitrogens with zero attached hydrogens (tertiary/aromatic N) is 1. The summed E-state index contributed by atoms with van der Waals surface area (Å²) in [4.78, 5) is 2.43. The molecule has 70 radical (unpaired) electrons. The van der Waals surface area contributed by atoms with Crippen LogP contribution in [0.4, 0.5) is 5.69 Å². The molecule has 0 spiro atoms. The van der Waals surface area contributed by atoms with E-state index in [1.165, 1.54) is 11.3 Å². The lowest BCUT2D eigenvalue weighted by Gasteiger charge is -2.60. The van der Waals surface area contributed by atoms with E-state index in [4.69, 9.17) is 276 Å². The summed E-state index contributed by atoms with van der Waals surface area (Å²) in [5, 5.41) is 3.12. The third-order valence-electron chi connectivity index (χ3n) is 17.0. The van der Waals surface area contributed by atoms with Crippen LogP contribution >= 0.6 is 0 Å². The van der Waals surface area contributed by atoms with Crippen molar-refractivity contribution in [3.8, 4) is 0 Å². The Morgan fingerprint density at radius 2 is 0.482 bits per heavy atom. The maximum absolute atomic E-state index is 7.13. The lowest BCUT2D eigenvalue weighted by atomic mass is 8.21. The lowest BCUT2D eigenvalue weighted by Crippen LogP contribution is -2.98. The van der Waals surface area contributed by atoms with E-state index in [9.17, 15) is 0 Å². The van der Waals surface area contributed by atoms with Gasteiger partial charge in [0.2, 0.25) is 0 Å². The van der Waals surface area contributed by atoms with Crippen LogP contribution in [0.5, 0.6) is 0 Å². The van der Waals surface area contributed by atoms with E-state index in [1.807, 2.05) is 7.05 Å². The number of anilines is 1. The van der Waals surface area contributed by atoms with Gasteiger partial charge in [-0.2, -0.15) is 0 Å². The van der Waals surface area contributed by atoms with Gasteiger partial charge in [-0.25, -0.2) is 0 Å². The Morgan fingerprint density at radius 3 is 0.675 bits per heavy atom. The molecule has 1 heterocycles. The summed E-state index contributed by atoms with van der Waals surface area (Å²) in [5.74, 6) is 0. The number of hydrogen-bond acceptors (Lipinski definition) is 3. The van der Waals surface area contributed by atoms with Gasteiger partial charge in [-0.15, -0.1) is 0 Å². The molecule has 71 heteroatoms. The Bertz CT molecular complexity index is 1670. The molecular weight excluding hydrogens is 923 g/mol. The molecule has 0 unspecified atom stereocenters. The Balaban J connectivity index is 0.00000195. The first kappa shape index (κ1) is 84.4. The van der Waals surface area contributed by atoms with Crippen molar-refractivity contribution in [1.29, 1.82) is 0 Å². The number of ether oxygens (including phenoxy) is 1. The maximum atomic E-state index is 7.13. The van der Waals surface area contributed by atoms with Gasteiger partial charge >= 0.3 is 0 Å². The molecule has 3 nitrogen and oxygen atoms in total. The smallest absolute Gasteiger partial charge is 0.0594 e. The molecule has 0 aliphatic carbocycles. The largest absolute Gasteiger partial charge is 0.388 e. The SMILES string of the molecule is CNc1ccc(CN2CCOCC2)cc1.[B]B([B])B([B])B(B(B([B])[B])B([B])[B])B(B(B([B])[B])B([B])[B])B(B(B(B([B])[B])B([B])[B])B(B([B])[B])B([B])[B])B(B(B(B([B])[B])B([B])[B])B(B([B])[B])B([B])[B])B(B(B([B])[B])B([B])[B])B(B([B])[B])B([B])[B]. The molecule has 0 amide bonds. The molecule has 0 saturated carbocycles. The van der Waals surface area contributed by atoms with E-state index in [2.05, 4.69) is 34.5 Å². The molecule has 0 atom stereocenters. The van der Waals surface area contributed by atoms with Gasteiger partial charge in [-0.3, -0.25) is 4.90 Å². The molecule has 1 aromatic carbocycles. The summed E-state index contributed by atoms with van der Waals surface area (Å²) < 4.78 is 5.32. The summed E-state index contributed by atoms with van der Waals surface area (Å²) in [5.41, 5.74) is 2.54. The molecular formula is C12H18B68N2O. The zero-order valence-corrected chi connectivity index (χ0v) is 48.5. The zero-order valence-electron chi connectivity index (χ0n) is 48.5. The second-order valence-electron chi connectivity index (χ2n) is 22.9. The maximum Gasteiger partial charge on any atom is 0.0594 e. The summed E-state index contributed by atoms with van der Waals surface area (Å²) in [6.07, 6.45) is -50.6. The first-order valence-electron chi connectivity index (χ1n) is 27.8. The number of benzene rings is 1. The molecule has 1 N–H and O–H groups in total. The van der Waals surface area contributed by atoms with Gasteiger partial charge in [0.25, 0.3) is 0 Å².